The minimum atomic E-state index is -0.382. The molecule has 1 aromatic carbocycles. The van der Waals surface area contributed by atoms with Gasteiger partial charge in [0.2, 0.25) is 0 Å². The highest BCUT2D eigenvalue weighted by Gasteiger charge is 2.33. The molecule has 0 fully saturated rings. The molecule has 0 spiro atoms. The molecule has 0 saturated heterocycles. The van der Waals surface area contributed by atoms with Gasteiger partial charge < -0.3 is 24.4 Å². The van der Waals surface area contributed by atoms with Crippen LogP contribution in [0.1, 0.15) is 18.5 Å². The molecular weight excluding hydrogens is 328 g/mol. The van der Waals surface area contributed by atoms with Gasteiger partial charge in [-0.3, -0.25) is 0 Å². The molecule has 0 amide bonds. The van der Waals surface area contributed by atoms with E-state index in [1.54, 1.807) is 19.1 Å². The van der Waals surface area contributed by atoms with E-state index in [4.69, 9.17) is 26.4 Å². The van der Waals surface area contributed by atoms with Gasteiger partial charge in [-0.25, -0.2) is 4.79 Å². The fraction of sp³-hybridized carbons (Fsp3) is 0.412. The second kappa shape index (κ2) is 8.12. The molecule has 2 rings (SSSR count). The van der Waals surface area contributed by atoms with Gasteiger partial charge >= 0.3 is 5.97 Å². The van der Waals surface area contributed by atoms with Crippen LogP contribution in [0.2, 0.25) is 0 Å². The number of hydrogen-bond donors (Lipinski definition) is 1. The molecule has 0 radical (unpaired) electrons. The topological polar surface area (TPSA) is 60.0 Å². The molecule has 6 nitrogen and oxygen atoms in total. The minimum Gasteiger partial charge on any atom is -0.497 e. The first-order valence-corrected chi connectivity index (χ1v) is 7.95. The van der Waals surface area contributed by atoms with Crippen molar-refractivity contribution >= 4 is 23.3 Å². The normalized spacial score (nSPS) is 17.6. The standard InChI is InChI=1S/C17H22N2O4S/c1-11-14(16(20)23-10-9-21-3)15(18-17(24)19(11)2)12-5-7-13(22-4)8-6-12/h5-8,15H,9-10H2,1-4H3,(H,18,24). The van der Waals surface area contributed by atoms with Gasteiger partial charge in [0, 0.05) is 19.9 Å². The van der Waals surface area contributed by atoms with Gasteiger partial charge in [-0.2, -0.15) is 0 Å². The Morgan fingerprint density at radius 1 is 1.25 bits per heavy atom. The molecule has 0 aromatic heterocycles. The van der Waals surface area contributed by atoms with Gasteiger partial charge in [0.25, 0.3) is 0 Å². The molecule has 1 unspecified atom stereocenters. The highest BCUT2D eigenvalue weighted by Crippen LogP contribution is 2.31. The summed E-state index contributed by atoms with van der Waals surface area (Å²) in [5.41, 5.74) is 2.21. The van der Waals surface area contributed by atoms with Gasteiger partial charge in [-0.15, -0.1) is 0 Å². The zero-order valence-corrected chi connectivity index (χ0v) is 15.1. The molecule has 1 heterocycles. The highest BCUT2D eigenvalue weighted by molar-refractivity contribution is 7.80. The molecule has 1 atom stereocenters. The summed E-state index contributed by atoms with van der Waals surface area (Å²) < 4.78 is 15.4. The van der Waals surface area contributed by atoms with Crippen molar-refractivity contribution in [3.8, 4) is 5.75 Å². The molecular formula is C17H22N2O4S. The van der Waals surface area contributed by atoms with Gasteiger partial charge in [0.05, 0.1) is 25.3 Å². The Balaban J connectivity index is 2.34. The van der Waals surface area contributed by atoms with Crippen molar-refractivity contribution in [1.29, 1.82) is 0 Å². The van der Waals surface area contributed by atoms with Crippen molar-refractivity contribution in [3.05, 3.63) is 41.1 Å². The van der Waals surface area contributed by atoms with Crippen LogP contribution in [0.25, 0.3) is 0 Å². The summed E-state index contributed by atoms with van der Waals surface area (Å²) in [7, 11) is 4.99. The monoisotopic (exact) mass is 350 g/mol. The third kappa shape index (κ3) is 3.85. The number of nitrogens with one attached hydrogen (secondary N) is 1. The highest BCUT2D eigenvalue weighted by atomic mass is 32.1. The molecule has 1 aromatic rings. The maximum absolute atomic E-state index is 12.6. The summed E-state index contributed by atoms with van der Waals surface area (Å²) in [4.78, 5) is 14.3. The number of nitrogens with zero attached hydrogens (tertiary/aromatic N) is 1. The van der Waals surface area contributed by atoms with Crippen molar-refractivity contribution in [2.24, 2.45) is 0 Å². The molecule has 130 valence electrons. The first kappa shape index (κ1) is 18.2. The smallest absolute Gasteiger partial charge is 0.338 e. The fourth-order valence-corrected chi connectivity index (χ4v) is 2.70. The Bertz CT molecular complexity index is 642. The lowest BCUT2D eigenvalue weighted by molar-refractivity contribution is -0.140. The third-order valence-electron chi connectivity index (χ3n) is 3.94. The second-order valence-electron chi connectivity index (χ2n) is 5.34. The number of allylic oxidation sites excluding steroid dienone is 1. The Hall–Kier alpha value is -2.12. The van der Waals surface area contributed by atoms with Gasteiger partial charge in [-0.05, 0) is 36.8 Å². The van der Waals surface area contributed by atoms with Gasteiger partial charge in [-0.1, -0.05) is 12.1 Å². The average Bonchev–Trinajstić information content (AvgIpc) is 2.59. The summed E-state index contributed by atoms with van der Waals surface area (Å²) in [6.07, 6.45) is 0. The van der Waals surface area contributed by atoms with E-state index in [2.05, 4.69) is 5.32 Å². The molecule has 1 aliphatic heterocycles. The van der Waals surface area contributed by atoms with E-state index >= 15 is 0 Å². The Morgan fingerprint density at radius 3 is 2.50 bits per heavy atom. The van der Waals surface area contributed by atoms with Gasteiger partial charge in [0.15, 0.2) is 5.11 Å². The first-order chi connectivity index (χ1) is 11.5. The van der Waals surface area contributed by atoms with Crippen LogP contribution in [-0.4, -0.2) is 50.5 Å². The summed E-state index contributed by atoms with van der Waals surface area (Å²) in [6.45, 7) is 2.42. The fourth-order valence-electron chi connectivity index (χ4n) is 2.44. The van der Waals surface area contributed by atoms with Crippen molar-refractivity contribution in [2.75, 3.05) is 34.5 Å². The number of carbonyl (C=O) groups excluding carboxylic acids is 1. The summed E-state index contributed by atoms with van der Waals surface area (Å²) >= 11 is 5.36. The molecule has 0 aliphatic carbocycles. The third-order valence-corrected chi connectivity index (χ3v) is 4.34. The van der Waals surface area contributed by atoms with E-state index in [9.17, 15) is 4.79 Å². The van der Waals surface area contributed by atoms with Crippen molar-refractivity contribution < 1.29 is 19.0 Å². The molecule has 0 saturated carbocycles. The largest absolute Gasteiger partial charge is 0.497 e. The van der Waals surface area contributed by atoms with Crippen LogP contribution in [-0.2, 0) is 14.3 Å². The van der Waals surface area contributed by atoms with E-state index in [1.807, 2.05) is 38.2 Å². The van der Waals surface area contributed by atoms with Crippen LogP contribution in [0.4, 0.5) is 0 Å². The van der Waals surface area contributed by atoms with E-state index in [0.717, 1.165) is 17.0 Å². The second-order valence-corrected chi connectivity index (χ2v) is 5.73. The predicted octanol–water partition coefficient (Wildman–Crippen LogP) is 2.02. The van der Waals surface area contributed by atoms with E-state index in [0.29, 0.717) is 17.3 Å². The number of rotatable bonds is 6. The zero-order chi connectivity index (χ0) is 17.7. The number of thiocarbonyl (C=S) groups is 1. The number of methoxy groups -OCH3 is 2. The van der Waals surface area contributed by atoms with Crippen molar-refractivity contribution in [2.45, 2.75) is 13.0 Å². The lowest BCUT2D eigenvalue weighted by atomic mass is 9.95. The van der Waals surface area contributed by atoms with E-state index in [-0.39, 0.29) is 18.6 Å². The molecule has 7 heteroatoms. The lowest BCUT2D eigenvalue weighted by Gasteiger charge is -2.35. The number of ether oxygens (including phenoxy) is 3. The Kier molecular flexibility index (Phi) is 6.16. The lowest BCUT2D eigenvalue weighted by Crippen LogP contribution is -2.46. The van der Waals surface area contributed by atoms with Crippen molar-refractivity contribution in [1.82, 2.24) is 10.2 Å². The minimum absolute atomic E-state index is 0.204. The average molecular weight is 350 g/mol. The Labute approximate surface area is 147 Å². The molecule has 1 N–H and O–H groups in total. The van der Waals surface area contributed by atoms with Crippen LogP contribution in [0, 0.1) is 0 Å². The summed E-state index contributed by atoms with van der Waals surface area (Å²) in [5.74, 6) is 0.367. The van der Waals surface area contributed by atoms with Crippen LogP contribution < -0.4 is 10.1 Å². The van der Waals surface area contributed by atoms with Gasteiger partial charge in [0.1, 0.15) is 12.4 Å². The summed E-state index contributed by atoms with van der Waals surface area (Å²) in [6, 6.07) is 7.14. The SMILES string of the molecule is COCCOC(=O)C1=C(C)N(C)C(=S)NC1c1ccc(OC)cc1. The molecule has 1 aliphatic rings. The van der Waals surface area contributed by atoms with E-state index < -0.39 is 0 Å². The predicted molar refractivity (Wildman–Crippen MR) is 94.8 cm³/mol. The van der Waals surface area contributed by atoms with Crippen LogP contribution in [0.5, 0.6) is 5.75 Å². The summed E-state index contributed by atoms with van der Waals surface area (Å²) in [5, 5.41) is 3.76. The number of hydrogen-bond acceptors (Lipinski definition) is 5. The van der Waals surface area contributed by atoms with Crippen LogP contribution in [0.3, 0.4) is 0 Å². The van der Waals surface area contributed by atoms with Crippen molar-refractivity contribution in [3.63, 3.8) is 0 Å². The zero-order valence-electron chi connectivity index (χ0n) is 14.3. The first-order valence-electron chi connectivity index (χ1n) is 7.54. The number of carbonyl (C=O) groups is 1. The molecule has 24 heavy (non-hydrogen) atoms. The number of esters is 1. The molecule has 0 bridgehead atoms. The maximum Gasteiger partial charge on any atom is 0.338 e. The van der Waals surface area contributed by atoms with E-state index in [1.165, 1.54) is 0 Å². The number of benzene rings is 1. The maximum atomic E-state index is 12.6. The Morgan fingerprint density at radius 2 is 1.92 bits per heavy atom. The van der Waals surface area contributed by atoms with Crippen LogP contribution >= 0.6 is 12.2 Å². The van der Waals surface area contributed by atoms with Crippen LogP contribution in [0.15, 0.2) is 35.5 Å². The quantitative estimate of drug-likeness (QED) is 0.478.